The quantitative estimate of drug-likeness (QED) is 0.0371. The average molecular weight is 803 g/mol. The highest BCUT2D eigenvalue weighted by atomic mass is 16.3. The van der Waals surface area contributed by atoms with Gasteiger partial charge in [-0.15, -0.1) is 0 Å². The van der Waals surface area contributed by atoms with Gasteiger partial charge in [-0.25, -0.2) is 0 Å². The molecule has 0 fully saturated rings. The highest BCUT2D eigenvalue weighted by molar-refractivity contribution is 6.50. The second-order valence-electron chi connectivity index (χ2n) is 17.4. The average Bonchev–Trinajstić information content (AvgIpc) is 3.15. The lowest BCUT2D eigenvalue weighted by Crippen LogP contribution is -2.26. The molecule has 0 aliphatic heterocycles. The Balaban J connectivity index is 0.00000102. The van der Waals surface area contributed by atoms with Crippen LogP contribution in [0.25, 0.3) is 0 Å². The zero-order valence-electron chi connectivity index (χ0n) is 39.1. The molecule has 2 aliphatic carbocycles. The third-order valence-electron chi connectivity index (χ3n) is 10.4. The summed E-state index contributed by atoms with van der Waals surface area (Å²) in [5, 5.41) is 21.1. The van der Waals surface area contributed by atoms with E-state index in [1.165, 1.54) is 29.2 Å². The van der Waals surface area contributed by atoms with Gasteiger partial charge >= 0.3 is 0 Å². The van der Waals surface area contributed by atoms with Crippen molar-refractivity contribution in [1.29, 1.82) is 0 Å². The first-order chi connectivity index (χ1) is 27.3. The van der Waals surface area contributed by atoms with Crippen molar-refractivity contribution in [2.75, 3.05) is 0 Å². The molecule has 0 amide bonds. The van der Waals surface area contributed by atoms with E-state index in [9.17, 15) is 29.4 Å². The third-order valence-corrected chi connectivity index (χ3v) is 10.4. The van der Waals surface area contributed by atoms with Crippen LogP contribution in [-0.2, 0) is 19.2 Å². The Morgan fingerprint density at radius 1 is 0.552 bits per heavy atom. The number of carbonyl (C=O) groups excluding carboxylic acids is 4. The van der Waals surface area contributed by atoms with Crippen LogP contribution in [0.1, 0.15) is 199 Å². The van der Waals surface area contributed by atoms with E-state index in [0.717, 1.165) is 82.1 Å². The smallest absolute Gasteiger partial charge is 0.233 e. The van der Waals surface area contributed by atoms with Gasteiger partial charge in [0.15, 0.2) is 11.5 Å². The molecule has 0 atom stereocenters. The number of ketones is 4. The molecule has 6 heteroatoms. The summed E-state index contributed by atoms with van der Waals surface area (Å²) in [6.07, 6.45) is 24.0. The molecule has 0 radical (unpaired) electrons. The van der Waals surface area contributed by atoms with Crippen LogP contribution in [0, 0.1) is 11.8 Å². The molecule has 0 spiro atoms. The van der Waals surface area contributed by atoms with E-state index in [2.05, 4.69) is 88.3 Å². The first-order valence-corrected chi connectivity index (χ1v) is 22.4. The summed E-state index contributed by atoms with van der Waals surface area (Å²) in [5.74, 6) is -0.463. The molecular weight excluding hydrogens is 721 g/mol. The van der Waals surface area contributed by atoms with Crippen molar-refractivity contribution < 1.29 is 29.4 Å². The van der Waals surface area contributed by atoms with Crippen LogP contribution in [0.5, 0.6) is 0 Å². The van der Waals surface area contributed by atoms with Crippen LogP contribution in [-0.4, -0.2) is 33.3 Å². The lowest BCUT2D eigenvalue weighted by Gasteiger charge is -2.22. The maximum Gasteiger partial charge on any atom is 0.233 e. The Labute approximate surface area is 354 Å². The largest absolute Gasteiger partial charge is 0.507 e. The van der Waals surface area contributed by atoms with Crippen molar-refractivity contribution in [3.8, 4) is 0 Å². The molecule has 2 N–H and O–H groups in total. The summed E-state index contributed by atoms with van der Waals surface area (Å²) in [5.41, 5.74) is 7.11. The summed E-state index contributed by atoms with van der Waals surface area (Å²) in [4.78, 5) is 50.0. The number of rotatable bonds is 22. The molecule has 0 unspecified atom stereocenters. The molecule has 0 aromatic carbocycles. The Morgan fingerprint density at radius 3 is 1.47 bits per heavy atom. The van der Waals surface area contributed by atoms with E-state index in [1.54, 1.807) is 0 Å². The van der Waals surface area contributed by atoms with Gasteiger partial charge in [-0.05, 0) is 137 Å². The van der Waals surface area contributed by atoms with Gasteiger partial charge in [-0.1, -0.05) is 127 Å². The predicted molar refractivity (Wildman–Crippen MR) is 246 cm³/mol. The summed E-state index contributed by atoms with van der Waals surface area (Å²) in [7, 11) is 0. The number of carbonyl (C=O) groups is 4. The molecule has 0 aromatic heterocycles. The van der Waals surface area contributed by atoms with E-state index in [1.807, 2.05) is 26.0 Å². The van der Waals surface area contributed by atoms with Crippen molar-refractivity contribution in [2.24, 2.45) is 11.8 Å². The van der Waals surface area contributed by atoms with E-state index in [4.69, 9.17) is 0 Å². The summed E-state index contributed by atoms with van der Waals surface area (Å²) in [6.45, 7) is 27.5. The zero-order chi connectivity index (χ0) is 44.4. The van der Waals surface area contributed by atoms with Gasteiger partial charge < -0.3 is 10.2 Å². The molecule has 2 aliphatic rings. The minimum atomic E-state index is -0.518. The van der Waals surface area contributed by atoms with Crippen LogP contribution in [0.3, 0.4) is 0 Å². The molecule has 0 heterocycles. The van der Waals surface area contributed by atoms with Gasteiger partial charge in [0.25, 0.3) is 0 Å². The molecule has 0 saturated carbocycles. The van der Waals surface area contributed by atoms with Gasteiger partial charge in [0.2, 0.25) is 17.3 Å². The van der Waals surface area contributed by atoms with Gasteiger partial charge in [0, 0.05) is 27.9 Å². The lowest BCUT2D eigenvalue weighted by molar-refractivity contribution is -0.132. The summed E-state index contributed by atoms with van der Waals surface area (Å²) in [6, 6.07) is 0. The maximum absolute atomic E-state index is 12.8. The Kier molecular flexibility index (Phi) is 28.3. The standard InChI is InChI=1S/C26H40O3.C21H30O3.C5H12/c1-7-8-9-13-21-22(16-14-19(4)5)24(27)23(26(29)25(21)28)17-15-20(6)12-10-11-18(2)3;1-5-6-7-11-17-14-19(22)18(21(24)20(17)23)13-12-16(4)10-8-9-15(2)3;1-4-5(2)3/h11,15,19,27H,7-10,12-14,16-17H2,1-6H3;9,12,14,24H,5-8,10-11,13H2,1-4H3;5H,4H2,1-3H3/b20-15+;16-12+;. The first kappa shape index (κ1) is 54.2. The first-order valence-electron chi connectivity index (χ1n) is 22.4. The minimum absolute atomic E-state index is 0.0649. The number of allylic oxidation sites excluding steroid dienone is 14. The van der Waals surface area contributed by atoms with Crippen LogP contribution >= 0.6 is 0 Å². The molecule has 58 heavy (non-hydrogen) atoms. The number of hydrogen-bond acceptors (Lipinski definition) is 6. The van der Waals surface area contributed by atoms with Crippen LogP contribution < -0.4 is 0 Å². The molecule has 2 rings (SSSR count). The second kappa shape index (κ2) is 30.3. The highest BCUT2D eigenvalue weighted by Gasteiger charge is 2.34. The third kappa shape index (κ3) is 21.8. The summed E-state index contributed by atoms with van der Waals surface area (Å²) >= 11 is 0. The number of unbranched alkanes of at least 4 members (excludes halogenated alkanes) is 4. The second-order valence-corrected chi connectivity index (χ2v) is 17.4. The van der Waals surface area contributed by atoms with E-state index < -0.39 is 11.6 Å². The van der Waals surface area contributed by atoms with Crippen LogP contribution in [0.2, 0.25) is 0 Å². The van der Waals surface area contributed by atoms with Crippen LogP contribution in [0.15, 0.2) is 92.1 Å². The van der Waals surface area contributed by atoms with Gasteiger partial charge in [-0.2, -0.15) is 0 Å². The van der Waals surface area contributed by atoms with Crippen molar-refractivity contribution in [1.82, 2.24) is 0 Å². The monoisotopic (exact) mass is 803 g/mol. The fraction of sp³-hybridized carbons (Fsp3) is 0.615. The molecule has 0 bridgehead atoms. The molecule has 6 nitrogen and oxygen atoms in total. The molecule has 326 valence electrons. The number of aliphatic hydroxyl groups excluding tert-OH is 2. The van der Waals surface area contributed by atoms with Gasteiger partial charge in [-0.3, -0.25) is 19.2 Å². The minimum Gasteiger partial charge on any atom is -0.507 e. The predicted octanol–water partition coefficient (Wildman–Crippen LogP) is 14.9. The Bertz CT molecular complexity index is 1600. The lowest BCUT2D eigenvalue weighted by atomic mass is 9.82. The van der Waals surface area contributed by atoms with Crippen molar-refractivity contribution in [3.63, 3.8) is 0 Å². The van der Waals surface area contributed by atoms with Gasteiger partial charge in [0.1, 0.15) is 5.76 Å². The normalized spacial score (nSPS) is 15.1. The van der Waals surface area contributed by atoms with Crippen molar-refractivity contribution in [2.45, 2.75) is 199 Å². The topological polar surface area (TPSA) is 109 Å². The van der Waals surface area contributed by atoms with E-state index >= 15 is 0 Å². The van der Waals surface area contributed by atoms with Crippen molar-refractivity contribution >= 4 is 23.1 Å². The molecule has 0 aromatic rings. The van der Waals surface area contributed by atoms with Gasteiger partial charge in [0.05, 0.1) is 0 Å². The fourth-order valence-electron chi connectivity index (χ4n) is 6.15. The van der Waals surface area contributed by atoms with E-state index in [-0.39, 0.29) is 34.2 Å². The van der Waals surface area contributed by atoms with Crippen molar-refractivity contribution in [3.05, 3.63) is 92.1 Å². The zero-order valence-corrected chi connectivity index (χ0v) is 39.1. The SMILES string of the molecule is CCC(C)C.CCCCCC1=C(CCC(C)C)C(O)=C(C/C=C(\C)CCC=C(C)C)C(=O)C1=O.CCCCCC1=CC(=O)C(C/C=C(\C)CCC=C(C)C)=C(O)C1=O. The fourth-order valence-corrected chi connectivity index (χ4v) is 6.15. The number of Topliss-reactive ketones (excluding diaryl/α,β-unsaturated/α-hetero) is 3. The molecular formula is C52H82O6. The summed E-state index contributed by atoms with van der Waals surface area (Å²) < 4.78 is 0. The Hall–Kier alpha value is -3.80. The van der Waals surface area contributed by atoms with Crippen LogP contribution in [0.4, 0.5) is 0 Å². The Morgan fingerprint density at radius 2 is 1.02 bits per heavy atom. The highest BCUT2D eigenvalue weighted by Crippen LogP contribution is 2.34. The number of hydrogen-bond donors (Lipinski definition) is 2. The van der Waals surface area contributed by atoms with E-state index in [0.29, 0.717) is 54.7 Å². The molecule has 0 saturated heterocycles. The maximum atomic E-state index is 12.8. The number of aliphatic hydroxyl groups is 2.